The van der Waals surface area contributed by atoms with Crippen molar-refractivity contribution in [2.75, 3.05) is 39.8 Å². The van der Waals surface area contributed by atoms with E-state index >= 15 is 0 Å². The van der Waals surface area contributed by atoms with Crippen molar-refractivity contribution in [3.8, 4) is 0 Å². The number of carbonyl (C=O) groups excluding carboxylic acids is 1. The zero-order valence-corrected chi connectivity index (χ0v) is 11.8. The summed E-state index contributed by atoms with van der Waals surface area (Å²) in [6.07, 6.45) is 1.13. The summed E-state index contributed by atoms with van der Waals surface area (Å²) in [6, 6.07) is 0.606. The predicted molar refractivity (Wildman–Crippen MR) is 72.6 cm³/mol. The van der Waals surface area contributed by atoms with Gasteiger partial charge in [-0.05, 0) is 26.3 Å². The van der Waals surface area contributed by atoms with E-state index in [0.717, 1.165) is 39.1 Å². The van der Waals surface area contributed by atoms with Crippen molar-refractivity contribution in [3.05, 3.63) is 0 Å². The maximum atomic E-state index is 11.7. The molecule has 1 saturated heterocycles. The monoisotopic (exact) mass is 254 g/mol. The minimum atomic E-state index is -0.00835. The SMILES string of the molecule is C[C@H](CN1CCN(C)CC1)NC(=O)N[C@H]1C[C@@H]1C. The molecule has 0 bridgehead atoms. The zero-order valence-electron chi connectivity index (χ0n) is 11.8. The highest BCUT2D eigenvalue weighted by Crippen LogP contribution is 2.28. The third-order valence-electron chi connectivity index (χ3n) is 3.93. The molecule has 2 fully saturated rings. The van der Waals surface area contributed by atoms with Gasteiger partial charge in [0, 0.05) is 44.8 Å². The maximum absolute atomic E-state index is 11.7. The van der Waals surface area contributed by atoms with Crippen molar-refractivity contribution >= 4 is 6.03 Å². The second kappa shape index (κ2) is 5.89. The number of urea groups is 1. The van der Waals surface area contributed by atoms with Crippen LogP contribution in [0.2, 0.25) is 0 Å². The normalized spacial score (nSPS) is 30.8. The second-order valence-electron chi connectivity index (χ2n) is 5.94. The Hall–Kier alpha value is -0.810. The number of rotatable bonds is 4. The number of likely N-dealkylation sites (N-methyl/N-ethyl adjacent to an activating group) is 1. The highest BCUT2D eigenvalue weighted by Gasteiger charge is 2.34. The van der Waals surface area contributed by atoms with Crippen molar-refractivity contribution in [2.24, 2.45) is 5.92 Å². The molecule has 2 amide bonds. The average Bonchev–Trinajstić information content (AvgIpc) is 2.97. The fourth-order valence-corrected chi connectivity index (χ4v) is 2.42. The van der Waals surface area contributed by atoms with Crippen LogP contribution in [0.5, 0.6) is 0 Å². The van der Waals surface area contributed by atoms with Crippen molar-refractivity contribution < 1.29 is 4.79 Å². The molecule has 5 heteroatoms. The number of carbonyl (C=O) groups is 1. The fraction of sp³-hybridized carbons (Fsp3) is 0.923. The Balaban J connectivity index is 1.62. The van der Waals surface area contributed by atoms with Gasteiger partial charge < -0.3 is 15.5 Å². The van der Waals surface area contributed by atoms with Gasteiger partial charge in [-0.25, -0.2) is 4.79 Å². The van der Waals surface area contributed by atoms with E-state index < -0.39 is 0 Å². The third-order valence-corrected chi connectivity index (χ3v) is 3.93. The smallest absolute Gasteiger partial charge is 0.315 e. The molecule has 0 aromatic carbocycles. The van der Waals surface area contributed by atoms with E-state index in [2.05, 4.69) is 41.3 Å². The minimum Gasteiger partial charge on any atom is -0.335 e. The van der Waals surface area contributed by atoms with Crippen LogP contribution < -0.4 is 10.6 Å². The first-order valence-electron chi connectivity index (χ1n) is 7.02. The van der Waals surface area contributed by atoms with Gasteiger partial charge >= 0.3 is 6.03 Å². The van der Waals surface area contributed by atoms with Crippen molar-refractivity contribution in [1.29, 1.82) is 0 Å². The van der Waals surface area contributed by atoms with E-state index in [1.54, 1.807) is 0 Å². The van der Waals surface area contributed by atoms with Gasteiger partial charge in [-0.2, -0.15) is 0 Å². The summed E-state index contributed by atoms with van der Waals surface area (Å²) in [6.45, 7) is 9.64. The number of nitrogens with zero attached hydrogens (tertiary/aromatic N) is 2. The summed E-state index contributed by atoms with van der Waals surface area (Å²) in [7, 11) is 2.16. The summed E-state index contributed by atoms with van der Waals surface area (Å²) >= 11 is 0. The van der Waals surface area contributed by atoms with Gasteiger partial charge in [0.2, 0.25) is 0 Å². The molecule has 1 saturated carbocycles. The number of piperazine rings is 1. The fourth-order valence-electron chi connectivity index (χ4n) is 2.42. The Labute approximate surface area is 110 Å². The molecule has 104 valence electrons. The van der Waals surface area contributed by atoms with Gasteiger partial charge in [-0.1, -0.05) is 6.92 Å². The van der Waals surface area contributed by atoms with Crippen LogP contribution >= 0.6 is 0 Å². The van der Waals surface area contributed by atoms with E-state index in [1.165, 1.54) is 0 Å². The minimum absolute atomic E-state index is 0.00835. The van der Waals surface area contributed by atoms with Crippen LogP contribution in [0.15, 0.2) is 0 Å². The average molecular weight is 254 g/mol. The van der Waals surface area contributed by atoms with E-state index in [1.807, 2.05) is 0 Å². The molecule has 2 N–H and O–H groups in total. The summed E-state index contributed by atoms with van der Waals surface area (Å²) in [5.74, 6) is 0.656. The molecule has 1 aliphatic heterocycles. The third kappa shape index (κ3) is 4.14. The van der Waals surface area contributed by atoms with E-state index in [0.29, 0.717) is 12.0 Å². The molecule has 0 aromatic heterocycles. The molecule has 0 radical (unpaired) electrons. The quantitative estimate of drug-likeness (QED) is 0.760. The van der Waals surface area contributed by atoms with Gasteiger partial charge in [0.05, 0.1) is 0 Å². The zero-order chi connectivity index (χ0) is 13.1. The Morgan fingerprint density at radius 2 is 1.94 bits per heavy atom. The van der Waals surface area contributed by atoms with Crippen LogP contribution in [-0.2, 0) is 0 Å². The first kappa shape index (κ1) is 13.6. The van der Waals surface area contributed by atoms with Crippen LogP contribution in [0.3, 0.4) is 0 Å². The molecule has 5 nitrogen and oxygen atoms in total. The largest absolute Gasteiger partial charge is 0.335 e. The van der Waals surface area contributed by atoms with E-state index in [9.17, 15) is 4.79 Å². The van der Waals surface area contributed by atoms with Crippen LogP contribution in [-0.4, -0.2) is 67.7 Å². The number of hydrogen-bond acceptors (Lipinski definition) is 3. The molecule has 3 atom stereocenters. The molecule has 18 heavy (non-hydrogen) atoms. The van der Waals surface area contributed by atoms with E-state index in [-0.39, 0.29) is 12.1 Å². The molecule has 0 aromatic rings. The molecule has 1 heterocycles. The second-order valence-corrected chi connectivity index (χ2v) is 5.94. The number of nitrogens with one attached hydrogen (secondary N) is 2. The van der Waals surface area contributed by atoms with Crippen molar-refractivity contribution in [2.45, 2.75) is 32.4 Å². The van der Waals surface area contributed by atoms with Gasteiger partial charge in [0.1, 0.15) is 0 Å². The lowest BCUT2D eigenvalue weighted by molar-refractivity contribution is 0.144. The van der Waals surface area contributed by atoms with Gasteiger partial charge in [-0.15, -0.1) is 0 Å². The summed E-state index contributed by atoms with van der Waals surface area (Å²) in [4.78, 5) is 16.5. The Morgan fingerprint density at radius 3 is 2.50 bits per heavy atom. The molecule has 0 spiro atoms. The highest BCUT2D eigenvalue weighted by atomic mass is 16.2. The first-order valence-corrected chi connectivity index (χ1v) is 7.02. The van der Waals surface area contributed by atoms with E-state index in [4.69, 9.17) is 0 Å². The van der Waals surface area contributed by atoms with Crippen molar-refractivity contribution in [3.63, 3.8) is 0 Å². The van der Waals surface area contributed by atoms with Crippen LogP contribution in [0, 0.1) is 5.92 Å². The molecular weight excluding hydrogens is 228 g/mol. The molecule has 2 rings (SSSR count). The number of hydrogen-bond donors (Lipinski definition) is 2. The lowest BCUT2D eigenvalue weighted by Crippen LogP contribution is -2.51. The topological polar surface area (TPSA) is 47.6 Å². The molecule has 1 aliphatic carbocycles. The maximum Gasteiger partial charge on any atom is 0.315 e. The Morgan fingerprint density at radius 1 is 1.33 bits per heavy atom. The lowest BCUT2D eigenvalue weighted by atomic mass is 10.2. The van der Waals surface area contributed by atoms with Crippen LogP contribution in [0.25, 0.3) is 0 Å². The molecule has 0 unspecified atom stereocenters. The Kier molecular flexibility index (Phi) is 4.45. The van der Waals surface area contributed by atoms with Gasteiger partial charge in [0.25, 0.3) is 0 Å². The summed E-state index contributed by atoms with van der Waals surface area (Å²) in [5.41, 5.74) is 0. The summed E-state index contributed by atoms with van der Waals surface area (Å²) in [5, 5.41) is 6.03. The lowest BCUT2D eigenvalue weighted by Gasteiger charge is -2.34. The summed E-state index contributed by atoms with van der Waals surface area (Å²) < 4.78 is 0. The number of amides is 2. The van der Waals surface area contributed by atoms with Crippen LogP contribution in [0.1, 0.15) is 20.3 Å². The van der Waals surface area contributed by atoms with Gasteiger partial charge in [0.15, 0.2) is 0 Å². The van der Waals surface area contributed by atoms with Gasteiger partial charge in [-0.3, -0.25) is 4.90 Å². The predicted octanol–water partition coefficient (Wildman–Crippen LogP) is 0.330. The molecule has 2 aliphatic rings. The Bertz CT molecular complexity index is 289. The highest BCUT2D eigenvalue weighted by molar-refractivity contribution is 5.74. The molecular formula is C13H26N4O. The van der Waals surface area contributed by atoms with Crippen molar-refractivity contribution in [1.82, 2.24) is 20.4 Å². The standard InChI is InChI=1S/C13H26N4O/c1-10-8-12(10)15-13(18)14-11(2)9-17-6-4-16(3)5-7-17/h10-12H,4-9H2,1-3H3,(H2,14,15,18)/t10-,11+,12-/m0/s1. The first-order chi connectivity index (χ1) is 8.54. The van der Waals surface area contributed by atoms with Crippen LogP contribution in [0.4, 0.5) is 4.79 Å².